The Hall–Kier alpha value is -1.30. The molecule has 6 heteroatoms. The largest absolute Gasteiger partial charge is 0.409 e. The van der Waals surface area contributed by atoms with E-state index in [1.54, 1.807) is 0 Å². The topological polar surface area (TPSA) is 96.9 Å². The van der Waals surface area contributed by atoms with Crippen LogP contribution in [0.5, 0.6) is 0 Å². The predicted molar refractivity (Wildman–Crippen MR) is 52.1 cm³/mol. The molecule has 0 aliphatic heterocycles. The number of nitrogens with zero attached hydrogens (tertiary/aromatic N) is 1. The van der Waals surface area contributed by atoms with Crippen LogP contribution in [0.4, 0.5) is 0 Å². The Bertz CT molecular complexity index is 194. The second kappa shape index (κ2) is 8.31. The summed E-state index contributed by atoms with van der Waals surface area (Å²) in [7, 11) is 0. The zero-order chi connectivity index (χ0) is 10.8. The molecule has 0 fully saturated rings. The fourth-order valence-corrected chi connectivity index (χ4v) is 0.793. The zero-order valence-electron chi connectivity index (χ0n) is 8.32. The average Bonchev–Trinajstić information content (AvgIpc) is 2.21. The first-order valence-corrected chi connectivity index (χ1v) is 4.51. The van der Waals surface area contributed by atoms with Crippen LogP contribution in [0, 0.1) is 0 Å². The van der Waals surface area contributed by atoms with E-state index in [1.165, 1.54) is 0 Å². The Labute approximate surface area is 83.1 Å². The second-order valence-corrected chi connectivity index (χ2v) is 2.68. The van der Waals surface area contributed by atoms with Crippen molar-refractivity contribution in [3.8, 4) is 0 Å². The summed E-state index contributed by atoms with van der Waals surface area (Å²) in [6, 6.07) is 0. The van der Waals surface area contributed by atoms with E-state index in [1.807, 2.05) is 6.92 Å². The number of nitrogens with one attached hydrogen (secondary N) is 1. The molecule has 0 aromatic carbocycles. The normalized spacial score (nSPS) is 11.4. The maximum atomic E-state index is 11.0. The zero-order valence-corrected chi connectivity index (χ0v) is 8.32. The molecule has 0 aliphatic carbocycles. The van der Waals surface area contributed by atoms with Gasteiger partial charge in [-0.05, 0) is 13.3 Å². The van der Waals surface area contributed by atoms with Crippen molar-refractivity contribution in [1.29, 1.82) is 0 Å². The van der Waals surface area contributed by atoms with E-state index in [0.29, 0.717) is 26.0 Å². The number of amidine groups is 1. The monoisotopic (exact) mass is 203 g/mol. The number of nitrogens with two attached hydrogens (primary N) is 1. The van der Waals surface area contributed by atoms with Gasteiger partial charge in [-0.15, -0.1) is 0 Å². The molecule has 0 aromatic heterocycles. The summed E-state index contributed by atoms with van der Waals surface area (Å²) in [5.74, 6) is 0.0235. The van der Waals surface area contributed by atoms with Crippen molar-refractivity contribution in [3.05, 3.63) is 0 Å². The third-order valence-electron chi connectivity index (χ3n) is 1.50. The fourth-order valence-electron chi connectivity index (χ4n) is 0.793. The third kappa shape index (κ3) is 7.35. The van der Waals surface area contributed by atoms with Gasteiger partial charge in [0.25, 0.3) is 0 Å². The standard InChI is InChI=1S/C8H17N3O3/c1-2-14-6-8(12)10-5-3-4-7(9)11-13/h13H,2-6H2,1H3,(H2,9,11)(H,10,12). The average molecular weight is 203 g/mol. The maximum absolute atomic E-state index is 11.0. The van der Waals surface area contributed by atoms with E-state index in [2.05, 4.69) is 10.5 Å². The van der Waals surface area contributed by atoms with Crippen LogP contribution in [0.1, 0.15) is 19.8 Å². The van der Waals surface area contributed by atoms with Crippen LogP contribution < -0.4 is 11.1 Å². The van der Waals surface area contributed by atoms with Crippen LogP contribution in [0.3, 0.4) is 0 Å². The molecule has 0 aromatic rings. The van der Waals surface area contributed by atoms with Crippen molar-refractivity contribution < 1.29 is 14.7 Å². The minimum Gasteiger partial charge on any atom is -0.409 e. The highest BCUT2D eigenvalue weighted by atomic mass is 16.5. The van der Waals surface area contributed by atoms with Gasteiger partial charge >= 0.3 is 0 Å². The van der Waals surface area contributed by atoms with E-state index >= 15 is 0 Å². The van der Waals surface area contributed by atoms with Crippen molar-refractivity contribution >= 4 is 11.7 Å². The molecule has 0 rings (SSSR count). The lowest BCUT2D eigenvalue weighted by molar-refractivity contribution is -0.125. The molecule has 0 aliphatic rings. The number of carbonyl (C=O) groups excluding carboxylic acids is 1. The smallest absolute Gasteiger partial charge is 0.245 e. The number of amides is 1. The Kier molecular flexibility index (Phi) is 7.53. The Morgan fingerprint density at radius 2 is 2.36 bits per heavy atom. The number of oxime groups is 1. The van der Waals surface area contributed by atoms with Gasteiger partial charge in [0.2, 0.25) is 5.91 Å². The van der Waals surface area contributed by atoms with Gasteiger partial charge in [-0.3, -0.25) is 4.79 Å². The minimum absolute atomic E-state index is 0.0834. The van der Waals surface area contributed by atoms with Crippen LogP contribution in [0.2, 0.25) is 0 Å². The van der Waals surface area contributed by atoms with E-state index in [4.69, 9.17) is 15.7 Å². The van der Waals surface area contributed by atoms with Gasteiger partial charge in [0.05, 0.1) is 0 Å². The van der Waals surface area contributed by atoms with Crippen molar-refractivity contribution in [1.82, 2.24) is 5.32 Å². The molecule has 0 saturated carbocycles. The molecular weight excluding hydrogens is 186 g/mol. The molecular formula is C8H17N3O3. The van der Waals surface area contributed by atoms with Crippen LogP contribution in [-0.2, 0) is 9.53 Å². The summed E-state index contributed by atoms with van der Waals surface area (Å²) in [6.45, 7) is 2.94. The molecule has 14 heavy (non-hydrogen) atoms. The fraction of sp³-hybridized carbons (Fsp3) is 0.750. The molecule has 0 radical (unpaired) electrons. The van der Waals surface area contributed by atoms with Crippen molar-refractivity contribution in [2.24, 2.45) is 10.9 Å². The molecule has 0 unspecified atom stereocenters. The summed E-state index contributed by atoms with van der Waals surface area (Å²) in [5.41, 5.74) is 5.23. The second-order valence-electron chi connectivity index (χ2n) is 2.68. The molecule has 4 N–H and O–H groups in total. The van der Waals surface area contributed by atoms with Crippen molar-refractivity contribution in [3.63, 3.8) is 0 Å². The number of ether oxygens (including phenoxy) is 1. The van der Waals surface area contributed by atoms with Gasteiger partial charge in [0.15, 0.2) is 0 Å². The van der Waals surface area contributed by atoms with Crippen molar-refractivity contribution in [2.45, 2.75) is 19.8 Å². The van der Waals surface area contributed by atoms with Gasteiger partial charge in [-0.1, -0.05) is 5.16 Å². The number of carbonyl (C=O) groups is 1. The van der Waals surface area contributed by atoms with Gasteiger partial charge in [-0.25, -0.2) is 0 Å². The third-order valence-corrected chi connectivity index (χ3v) is 1.50. The van der Waals surface area contributed by atoms with Crippen LogP contribution in [-0.4, -0.2) is 36.7 Å². The summed E-state index contributed by atoms with van der Waals surface area (Å²) in [5, 5.41) is 13.7. The SMILES string of the molecule is CCOCC(=O)NCCCC(N)=NO. The Morgan fingerprint density at radius 1 is 1.64 bits per heavy atom. The minimum atomic E-state index is -0.147. The Morgan fingerprint density at radius 3 is 2.93 bits per heavy atom. The number of hydrogen-bond acceptors (Lipinski definition) is 4. The molecule has 0 bridgehead atoms. The summed E-state index contributed by atoms with van der Waals surface area (Å²) >= 11 is 0. The van der Waals surface area contributed by atoms with E-state index < -0.39 is 0 Å². The lowest BCUT2D eigenvalue weighted by atomic mass is 10.3. The molecule has 1 amide bonds. The van der Waals surface area contributed by atoms with Gasteiger partial charge < -0.3 is 21.0 Å². The van der Waals surface area contributed by atoms with Crippen LogP contribution >= 0.6 is 0 Å². The Balaban J connectivity index is 3.31. The van der Waals surface area contributed by atoms with Crippen LogP contribution in [0.25, 0.3) is 0 Å². The number of hydrogen-bond donors (Lipinski definition) is 3. The lowest BCUT2D eigenvalue weighted by Crippen LogP contribution is -2.29. The van der Waals surface area contributed by atoms with Crippen molar-refractivity contribution in [2.75, 3.05) is 19.8 Å². The van der Waals surface area contributed by atoms with Gasteiger partial charge in [0, 0.05) is 19.6 Å². The molecule has 0 saturated heterocycles. The summed E-state index contributed by atoms with van der Waals surface area (Å²) < 4.78 is 4.89. The van der Waals surface area contributed by atoms with Gasteiger partial charge in [0.1, 0.15) is 12.4 Å². The van der Waals surface area contributed by atoms with Gasteiger partial charge in [-0.2, -0.15) is 0 Å². The lowest BCUT2D eigenvalue weighted by Gasteiger charge is -2.04. The maximum Gasteiger partial charge on any atom is 0.245 e. The molecule has 82 valence electrons. The highest BCUT2D eigenvalue weighted by Crippen LogP contribution is 1.86. The first-order valence-electron chi connectivity index (χ1n) is 4.51. The molecule has 6 nitrogen and oxygen atoms in total. The summed E-state index contributed by atoms with van der Waals surface area (Å²) in [6.07, 6.45) is 1.11. The van der Waals surface area contributed by atoms with Crippen LogP contribution in [0.15, 0.2) is 5.16 Å². The first-order chi connectivity index (χ1) is 6.70. The van der Waals surface area contributed by atoms with E-state index in [0.717, 1.165) is 0 Å². The summed E-state index contributed by atoms with van der Waals surface area (Å²) in [4.78, 5) is 11.0. The molecule has 0 atom stereocenters. The highest BCUT2D eigenvalue weighted by Gasteiger charge is 1.99. The van der Waals surface area contributed by atoms with E-state index in [9.17, 15) is 4.79 Å². The molecule has 0 heterocycles. The first kappa shape index (κ1) is 12.7. The molecule has 0 spiro atoms. The predicted octanol–water partition coefficient (Wildman–Crippen LogP) is -0.334. The van der Waals surface area contributed by atoms with E-state index in [-0.39, 0.29) is 18.3 Å². The quantitative estimate of drug-likeness (QED) is 0.173. The number of rotatable bonds is 7. The highest BCUT2D eigenvalue weighted by molar-refractivity contribution is 5.79.